The van der Waals surface area contributed by atoms with Crippen molar-refractivity contribution in [2.24, 2.45) is 17.8 Å². The first-order chi connectivity index (χ1) is 22.7. The first kappa shape index (κ1) is 29.8. The quantitative estimate of drug-likeness (QED) is 0.135. The molecule has 1 saturated heterocycles. The minimum Gasteiger partial charge on any atom is -0.503 e. The number of hydrogen-bond donors (Lipinski definition) is 1. The van der Waals surface area contributed by atoms with Gasteiger partial charge in [0.05, 0.1) is 33.6 Å². The molecule has 4 atom stereocenters. The van der Waals surface area contributed by atoms with Gasteiger partial charge in [0.25, 0.3) is 0 Å². The summed E-state index contributed by atoms with van der Waals surface area (Å²) in [5, 5.41) is 10.5. The van der Waals surface area contributed by atoms with Crippen LogP contribution in [0.1, 0.15) is 24.3 Å². The van der Waals surface area contributed by atoms with Crippen LogP contribution in [0, 0.1) is 17.8 Å². The van der Waals surface area contributed by atoms with Crippen LogP contribution in [0.2, 0.25) is 0 Å². The highest BCUT2D eigenvalue weighted by molar-refractivity contribution is 9.12. The Morgan fingerprint density at radius 3 is 2.49 bits per heavy atom. The Balaban J connectivity index is 1.18. The second-order valence-corrected chi connectivity index (χ2v) is 13.7. The first-order valence-electron chi connectivity index (χ1n) is 15.0. The number of ether oxygens (including phenoxy) is 1. The number of allylic oxidation sites excluding steroid dienone is 6. The maximum absolute atomic E-state index is 14.3. The van der Waals surface area contributed by atoms with Crippen LogP contribution in [0.15, 0.2) is 103 Å². The van der Waals surface area contributed by atoms with Crippen molar-refractivity contribution in [3.8, 4) is 23.0 Å². The number of imide groups is 1. The summed E-state index contributed by atoms with van der Waals surface area (Å²) in [5.41, 5.74) is 4.60. The number of amides is 2. The Kier molecular flexibility index (Phi) is 6.96. The fraction of sp³-hybridized carbons (Fsp3) is 0.194. The molecule has 0 bridgehead atoms. The number of aromatic nitrogens is 1. The van der Waals surface area contributed by atoms with Crippen molar-refractivity contribution in [1.29, 1.82) is 0 Å². The molecule has 9 nitrogen and oxygen atoms in total. The number of methoxy groups -OCH3 is 1. The fourth-order valence-electron chi connectivity index (χ4n) is 7.51. The van der Waals surface area contributed by atoms with Gasteiger partial charge in [-0.2, -0.15) is 0 Å². The Labute approximate surface area is 284 Å². The molecule has 47 heavy (non-hydrogen) atoms. The van der Waals surface area contributed by atoms with Crippen molar-refractivity contribution in [1.82, 2.24) is 4.98 Å². The molecule has 1 aliphatic heterocycles. The Morgan fingerprint density at radius 2 is 1.74 bits per heavy atom. The summed E-state index contributed by atoms with van der Waals surface area (Å²) in [5.74, 6) is -3.30. The second kappa shape index (κ2) is 11.0. The Morgan fingerprint density at radius 1 is 0.979 bits per heavy atom. The zero-order chi connectivity index (χ0) is 32.7. The summed E-state index contributed by atoms with van der Waals surface area (Å²) in [6, 6.07) is 17.7. The molecule has 8 rings (SSSR count). The second-order valence-electron chi connectivity index (χ2n) is 12.0. The smallest absolute Gasteiger partial charge is 0.238 e. The molecule has 4 unspecified atom stereocenters. The molecule has 0 radical (unpaired) electrons. The molecule has 0 spiro atoms. The number of benzene rings is 3. The summed E-state index contributed by atoms with van der Waals surface area (Å²) in [4.78, 5) is 61.0. The number of fused-ring (bicyclic) bond motifs is 4. The van der Waals surface area contributed by atoms with E-state index in [2.05, 4.69) is 36.8 Å². The molecule has 1 aromatic heterocycles. The number of para-hydroxylation sites is 2. The van der Waals surface area contributed by atoms with Gasteiger partial charge in [-0.25, -0.2) is 4.98 Å². The summed E-state index contributed by atoms with van der Waals surface area (Å²) < 4.78 is 11.8. The van der Waals surface area contributed by atoms with Gasteiger partial charge in [0.2, 0.25) is 17.7 Å². The van der Waals surface area contributed by atoms with Gasteiger partial charge in [0.1, 0.15) is 5.52 Å². The zero-order valence-electron chi connectivity index (χ0n) is 24.7. The predicted molar refractivity (Wildman–Crippen MR) is 179 cm³/mol. The van der Waals surface area contributed by atoms with E-state index in [-0.39, 0.29) is 45.8 Å². The number of anilines is 1. The molecule has 0 saturated carbocycles. The molecular formula is C36H24Br2N2O7. The molecule has 4 aliphatic rings. The van der Waals surface area contributed by atoms with Crippen molar-refractivity contribution < 1.29 is 33.4 Å². The standard InChI is InChI=1S/C36H24Br2N2O7/c1-46-28-13-17(12-23(37)33(28)43)29-19-10-11-20-30(21(19)14-22-31(29)26(41)15-24(38)32(22)42)36(45)40(35(20)44)18-8-6-16(7-9-18)34-39-25-4-2-3-5-27(25)47-34/h2-10,12-13,15,20-21,29-30,43H,11,14H2,1H3. The number of carbonyl (C=O) groups excluding carboxylic acids is 4. The Hall–Kier alpha value is -4.61. The number of hydrogen-bond acceptors (Lipinski definition) is 8. The van der Waals surface area contributed by atoms with Gasteiger partial charge in [-0.05, 0) is 105 Å². The number of halogens is 2. The van der Waals surface area contributed by atoms with Gasteiger partial charge in [-0.15, -0.1) is 0 Å². The van der Waals surface area contributed by atoms with Crippen LogP contribution >= 0.6 is 31.9 Å². The maximum Gasteiger partial charge on any atom is 0.238 e. The lowest BCUT2D eigenvalue weighted by molar-refractivity contribution is -0.123. The minimum atomic E-state index is -0.731. The number of rotatable bonds is 4. The minimum absolute atomic E-state index is 0.0986. The van der Waals surface area contributed by atoms with Gasteiger partial charge in [-0.3, -0.25) is 24.1 Å². The topological polar surface area (TPSA) is 127 Å². The lowest BCUT2D eigenvalue weighted by Crippen LogP contribution is -2.39. The van der Waals surface area contributed by atoms with Gasteiger partial charge < -0.3 is 14.3 Å². The molecule has 11 heteroatoms. The highest BCUT2D eigenvalue weighted by Crippen LogP contribution is 2.56. The summed E-state index contributed by atoms with van der Waals surface area (Å²) in [7, 11) is 1.43. The van der Waals surface area contributed by atoms with Crippen LogP contribution in [-0.2, 0) is 19.2 Å². The molecule has 4 aromatic rings. The van der Waals surface area contributed by atoms with E-state index in [0.29, 0.717) is 50.3 Å². The maximum atomic E-state index is 14.3. The molecule has 2 heterocycles. The number of nitrogens with zero attached hydrogens (tertiary/aromatic N) is 2. The number of phenolic OH excluding ortho intramolecular Hbond substituents is 1. The summed E-state index contributed by atoms with van der Waals surface area (Å²) in [6.07, 6.45) is 3.68. The molecular weight excluding hydrogens is 732 g/mol. The largest absolute Gasteiger partial charge is 0.503 e. The van der Waals surface area contributed by atoms with Crippen LogP contribution < -0.4 is 9.64 Å². The van der Waals surface area contributed by atoms with E-state index in [1.165, 1.54) is 18.1 Å². The molecule has 1 N–H and O–H groups in total. The number of phenols is 1. The average molecular weight is 756 g/mol. The fourth-order valence-corrected chi connectivity index (χ4v) is 8.41. The lowest BCUT2D eigenvalue weighted by Gasteiger charge is -2.42. The third-order valence-corrected chi connectivity index (χ3v) is 10.8. The molecule has 3 aromatic carbocycles. The van der Waals surface area contributed by atoms with E-state index in [4.69, 9.17) is 9.15 Å². The lowest BCUT2D eigenvalue weighted by atomic mass is 9.59. The first-order valence-corrected chi connectivity index (χ1v) is 16.5. The van der Waals surface area contributed by atoms with Crippen LogP contribution in [0.3, 0.4) is 0 Å². The number of aromatic hydroxyl groups is 1. The Bertz CT molecular complexity index is 2150. The number of oxazole rings is 1. The van der Waals surface area contributed by atoms with E-state index in [1.807, 2.05) is 30.3 Å². The van der Waals surface area contributed by atoms with Crippen molar-refractivity contribution >= 4 is 72.0 Å². The van der Waals surface area contributed by atoms with E-state index in [9.17, 15) is 24.3 Å². The third-order valence-electron chi connectivity index (χ3n) is 9.60. The van der Waals surface area contributed by atoms with Crippen molar-refractivity contribution in [2.75, 3.05) is 12.0 Å². The third kappa shape index (κ3) is 4.51. The molecule has 2 amide bonds. The van der Waals surface area contributed by atoms with Gasteiger partial charge in [0, 0.05) is 28.7 Å². The van der Waals surface area contributed by atoms with Crippen LogP contribution in [0.4, 0.5) is 5.69 Å². The average Bonchev–Trinajstić information content (AvgIpc) is 3.62. The van der Waals surface area contributed by atoms with Gasteiger partial charge in [0.15, 0.2) is 28.6 Å². The van der Waals surface area contributed by atoms with Gasteiger partial charge in [-0.1, -0.05) is 23.8 Å². The number of ketones is 2. The van der Waals surface area contributed by atoms with Crippen molar-refractivity contribution in [3.05, 3.63) is 104 Å². The molecule has 3 aliphatic carbocycles. The van der Waals surface area contributed by atoms with Crippen molar-refractivity contribution in [2.45, 2.75) is 18.8 Å². The van der Waals surface area contributed by atoms with Crippen LogP contribution in [0.5, 0.6) is 11.5 Å². The summed E-state index contributed by atoms with van der Waals surface area (Å²) in [6.45, 7) is 0. The van der Waals surface area contributed by atoms with Crippen molar-refractivity contribution in [3.63, 3.8) is 0 Å². The predicted octanol–water partition coefficient (Wildman–Crippen LogP) is 6.94. The monoisotopic (exact) mass is 754 g/mol. The van der Waals surface area contributed by atoms with E-state index >= 15 is 0 Å². The number of Topliss-reactive ketones (excluding diaryl/α,β-unsaturated/α-hetero) is 1. The summed E-state index contributed by atoms with van der Waals surface area (Å²) >= 11 is 6.65. The molecule has 1 fully saturated rings. The molecule has 234 valence electrons. The van der Waals surface area contributed by atoms with E-state index in [1.54, 1.807) is 36.4 Å². The van der Waals surface area contributed by atoms with Crippen LogP contribution in [0.25, 0.3) is 22.6 Å². The van der Waals surface area contributed by atoms with Gasteiger partial charge >= 0.3 is 0 Å². The SMILES string of the molecule is COc1cc(C2C3=CCC4C(=O)N(c5ccc(-c6nc7ccccc7o6)cc5)C(=O)C4C3CC3=C2C(=O)C=C(Br)C3=O)cc(Br)c1O. The highest BCUT2D eigenvalue weighted by atomic mass is 79.9. The van der Waals surface area contributed by atoms with E-state index in [0.717, 1.165) is 11.1 Å². The highest BCUT2D eigenvalue weighted by Gasteiger charge is 2.56. The number of carbonyl (C=O) groups is 4. The normalized spacial score (nSPS) is 23.9. The van der Waals surface area contributed by atoms with E-state index < -0.39 is 23.7 Å². The van der Waals surface area contributed by atoms with Crippen LogP contribution in [-0.4, -0.2) is 40.6 Å². The zero-order valence-corrected chi connectivity index (χ0v) is 27.9.